The smallest absolute Gasteiger partial charge is 0.336 e. The molecule has 0 aromatic heterocycles. The number of hydrogen-bond acceptors (Lipinski definition) is 6. The second-order valence-electron chi connectivity index (χ2n) is 9.65. The van der Waals surface area contributed by atoms with Crippen LogP contribution in [-0.4, -0.2) is 23.3 Å². The molecule has 0 spiro atoms. The van der Waals surface area contributed by atoms with Gasteiger partial charge in [0.15, 0.2) is 5.78 Å². The summed E-state index contributed by atoms with van der Waals surface area (Å²) in [6.45, 7) is 6.11. The average molecular weight is 461 g/mol. The molecule has 2 aliphatic rings. The van der Waals surface area contributed by atoms with E-state index in [1.807, 2.05) is 51.1 Å². The molecule has 4 rings (SSSR count). The van der Waals surface area contributed by atoms with Crippen LogP contribution in [0, 0.1) is 15.5 Å². The Morgan fingerprint density at radius 1 is 1.12 bits per heavy atom. The van der Waals surface area contributed by atoms with Crippen LogP contribution in [0.5, 0.6) is 0 Å². The Bertz CT molecular complexity index is 1190. The highest BCUT2D eigenvalue weighted by Crippen LogP contribution is 2.46. The molecular weight excluding hydrogens is 432 g/mol. The molecule has 7 heteroatoms. The van der Waals surface area contributed by atoms with E-state index in [9.17, 15) is 19.7 Å². The molecule has 1 aliphatic carbocycles. The topological polar surface area (TPSA) is 98.5 Å². The van der Waals surface area contributed by atoms with Crippen molar-refractivity contribution in [3.05, 3.63) is 98.4 Å². The lowest BCUT2D eigenvalue weighted by molar-refractivity contribution is -0.384. The summed E-state index contributed by atoms with van der Waals surface area (Å²) in [7, 11) is 0. The van der Waals surface area contributed by atoms with Crippen molar-refractivity contribution in [2.24, 2.45) is 5.41 Å². The third-order valence-corrected chi connectivity index (χ3v) is 6.36. The molecule has 1 atom stereocenters. The molecule has 2 aromatic rings. The number of nitrogens with one attached hydrogen (secondary N) is 1. The normalized spacial score (nSPS) is 19.4. The van der Waals surface area contributed by atoms with E-state index in [2.05, 4.69) is 5.32 Å². The first-order valence-electron chi connectivity index (χ1n) is 11.4. The highest BCUT2D eigenvalue weighted by atomic mass is 16.6. The summed E-state index contributed by atoms with van der Waals surface area (Å²) in [4.78, 5) is 37.3. The first-order chi connectivity index (χ1) is 16.2. The van der Waals surface area contributed by atoms with Crippen LogP contribution in [0.2, 0.25) is 0 Å². The van der Waals surface area contributed by atoms with Crippen LogP contribution in [0.4, 0.5) is 5.69 Å². The van der Waals surface area contributed by atoms with Gasteiger partial charge >= 0.3 is 5.97 Å². The fourth-order valence-corrected chi connectivity index (χ4v) is 4.81. The second-order valence-corrected chi connectivity index (χ2v) is 9.65. The van der Waals surface area contributed by atoms with Gasteiger partial charge in [0.1, 0.15) is 0 Å². The van der Waals surface area contributed by atoms with Crippen molar-refractivity contribution in [2.75, 3.05) is 6.61 Å². The highest BCUT2D eigenvalue weighted by molar-refractivity contribution is 6.04. The zero-order chi connectivity index (χ0) is 24.5. The number of esters is 1. The number of benzene rings is 2. The van der Waals surface area contributed by atoms with Gasteiger partial charge in [-0.1, -0.05) is 56.3 Å². The summed E-state index contributed by atoms with van der Waals surface area (Å²) in [6, 6.07) is 15.8. The Hall–Kier alpha value is -3.74. The van der Waals surface area contributed by atoms with E-state index in [4.69, 9.17) is 4.74 Å². The summed E-state index contributed by atoms with van der Waals surface area (Å²) >= 11 is 0. The monoisotopic (exact) mass is 460 g/mol. The standard InChI is InChI=1S/C27H28N2O5/c1-17-23(26(31)34-14-13-18-7-5-4-6-8-18)24(19-9-11-20(12-10-19)29(32)33)25-21(28-17)15-27(2,3)16-22(25)30/h4-12,24,28H,13-16H2,1-3H3/t24-/m1/s1. The number of hydrogen-bond donors (Lipinski definition) is 1. The van der Waals surface area contributed by atoms with E-state index >= 15 is 0 Å². The van der Waals surface area contributed by atoms with Crippen LogP contribution in [0.15, 0.2) is 77.1 Å². The first-order valence-corrected chi connectivity index (χ1v) is 11.4. The van der Waals surface area contributed by atoms with Gasteiger partial charge in [-0.3, -0.25) is 14.9 Å². The minimum atomic E-state index is -0.634. The number of dihydropyridines is 1. The number of nitro groups is 1. The molecule has 1 aliphatic heterocycles. The molecule has 0 saturated carbocycles. The molecule has 1 heterocycles. The maximum absolute atomic E-state index is 13.3. The number of nitro benzene ring substituents is 1. The third-order valence-electron chi connectivity index (χ3n) is 6.36. The molecule has 34 heavy (non-hydrogen) atoms. The lowest BCUT2D eigenvalue weighted by atomic mass is 9.68. The molecule has 0 bridgehead atoms. The number of ketones is 1. The van der Waals surface area contributed by atoms with Crippen molar-refractivity contribution in [3.8, 4) is 0 Å². The van der Waals surface area contributed by atoms with Crippen LogP contribution < -0.4 is 5.32 Å². The summed E-state index contributed by atoms with van der Waals surface area (Å²) in [5.41, 5.74) is 3.83. The van der Waals surface area contributed by atoms with E-state index in [-0.39, 0.29) is 23.5 Å². The maximum Gasteiger partial charge on any atom is 0.336 e. The van der Waals surface area contributed by atoms with Crippen molar-refractivity contribution in [3.63, 3.8) is 0 Å². The van der Waals surface area contributed by atoms with Crippen molar-refractivity contribution < 1.29 is 19.2 Å². The Morgan fingerprint density at radius 2 is 1.79 bits per heavy atom. The van der Waals surface area contributed by atoms with Gasteiger partial charge in [-0.2, -0.15) is 0 Å². The van der Waals surface area contributed by atoms with E-state index in [1.165, 1.54) is 12.1 Å². The summed E-state index contributed by atoms with van der Waals surface area (Å²) in [6.07, 6.45) is 1.62. The SMILES string of the molecule is CC1=C(C(=O)OCCc2ccccc2)[C@@H](c2ccc([N+](=O)[O-])cc2)C2=C(CC(C)(C)CC2=O)N1. The van der Waals surface area contributed by atoms with Gasteiger partial charge in [-0.05, 0) is 29.9 Å². The number of carbonyl (C=O) groups is 2. The summed E-state index contributed by atoms with van der Waals surface area (Å²) < 4.78 is 5.65. The van der Waals surface area contributed by atoms with Crippen LogP contribution in [0.1, 0.15) is 50.7 Å². The van der Waals surface area contributed by atoms with E-state index in [0.717, 1.165) is 11.3 Å². The number of carbonyl (C=O) groups excluding carboxylic acids is 2. The van der Waals surface area contributed by atoms with Crippen molar-refractivity contribution in [1.82, 2.24) is 5.32 Å². The molecule has 0 fully saturated rings. The number of allylic oxidation sites excluding steroid dienone is 3. The van der Waals surface area contributed by atoms with Crippen molar-refractivity contribution in [1.29, 1.82) is 0 Å². The van der Waals surface area contributed by atoms with E-state index in [0.29, 0.717) is 41.7 Å². The average Bonchev–Trinajstić information content (AvgIpc) is 2.78. The van der Waals surface area contributed by atoms with Crippen LogP contribution in [-0.2, 0) is 20.7 Å². The summed E-state index contributed by atoms with van der Waals surface area (Å²) in [5, 5.41) is 14.5. The van der Waals surface area contributed by atoms with Gasteiger partial charge in [-0.25, -0.2) is 4.79 Å². The number of rotatable bonds is 6. The van der Waals surface area contributed by atoms with Gasteiger partial charge in [0.05, 0.1) is 17.1 Å². The molecule has 1 N–H and O–H groups in total. The van der Waals surface area contributed by atoms with Crippen LogP contribution in [0.25, 0.3) is 0 Å². The molecule has 0 amide bonds. The van der Waals surface area contributed by atoms with Crippen LogP contribution in [0.3, 0.4) is 0 Å². The van der Waals surface area contributed by atoms with Crippen LogP contribution >= 0.6 is 0 Å². The lowest BCUT2D eigenvalue weighted by Gasteiger charge is -2.39. The molecule has 0 radical (unpaired) electrons. The number of ether oxygens (including phenoxy) is 1. The summed E-state index contributed by atoms with van der Waals surface area (Å²) in [5.74, 6) is -1.15. The van der Waals surface area contributed by atoms with Gasteiger partial charge in [-0.15, -0.1) is 0 Å². The Balaban J connectivity index is 1.68. The fourth-order valence-electron chi connectivity index (χ4n) is 4.81. The zero-order valence-electron chi connectivity index (χ0n) is 19.6. The third kappa shape index (κ3) is 4.78. The van der Waals surface area contributed by atoms with Crippen molar-refractivity contribution >= 4 is 17.4 Å². The first kappa shape index (κ1) is 23.4. The lowest BCUT2D eigenvalue weighted by Crippen LogP contribution is -2.38. The van der Waals surface area contributed by atoms with E-state index in [1.54, 1.807) is 12.1 Å². The van der Waals surface area contributed by atoms with Gasteiger partial charge in [0.25, 0.3) is 5.69 Å². The number of non-ortho nitro benzene ring substituents is 1. The number of Topliss-reactive ketones (excluding diaryl/α,β-unsaturated/α-hetero) is 1. The van der Waals surface area contributed by atoms with Crippen molar-refractivity contribution in [2.45, 2.75) is 46.0 Å². The Labute approximate surface area is 198 Å². The predicted octanol–water partition coefficient (Wildman–Crippen LogP) is 4.98. The van der Waals surface area contributed by atoms with E-state index < -0.39 is 16.8 Å². The second kappa shape index (κ2) is 9.25. The minimum absolute atomic E-state index is 0.0239. The zero-order valence-corrected chi connectivity index (χ0v) is 19.6. The molecular formula is C27H28N2O5. The molecule has 0 saturated heterocycles. The van der Waals surface area contributed by atoms with Gasteiger partial charge in [0.2, 0.25) is 0 Å². The molecule has 176 valence electrons. The van der Waals surface area contributed by atoms with Gasteiger partial charge < -0.3 is 10.1 Å². The molecule has 2 aromatic carbocycles. The Morgan fingerprint density at radius 3 is 2.44 bits per heavy atom. The number of nitrogens with zero attached hydrogens (tertiary/aromatic N) is 1. The quantitative estimate of drug-likeness (QED) is 0.371. The largest absolute Gasteiger partial charge is 0.462 e. The fraction of sp³-hybridized carbons (Fsp3) is 0.333. The van der Waals surface area contributed by atoms with Gasteiger partial charge in [0, 0.05) is 47.9 Å². The Kier molecular flexibility index (Phi) is 6.37. The minimum Gasteiger partial charge on any atom is -0.462 e. The molecule has 7 nitrogen and oxygen atoms in total. The maximum atomic E-state index is 13.3. The predicted molar refractivity (Wildman–Crippen MR) is 128 cm³/mol. The highest BCUT2D eigenvalue weighted by Gasteiger charge is 2.43. The molecule has 0 unspecified atom stereocenters.